The van der Waals surface area contributed by atoms with Crippen LogP contribution in [-0.4, -0.2) is 23.0 Å². The normalized spacial score (nSPS) is 11.9. The van der Waals surface area contributed by atoms with Gasteiger partial charge in [0.1, 0.15) is 11.8 Å². The van der Waals surface area contributed by atoms with E-state index in [1.54, 1.807) is 12.1 Å². The molecule has 0 aliphatic carbocycles. The minimum atomic E-state index is -1.08. The standard InChI is InChI=1S/C17H20N2O4/c1-11-5-6-12(2)14(8-11)19-16(20)9-15(17(21)22)18-10-13-4-3-7-23-13/h3-8,15,18H,9-10H2,1-2H3,(H,19,20)(H,21,22). The first-order valence-electron chi connectivity index (χ1n) is 7.31. The third-order valence-corrected chi connectivity index (χ3v) is 3.46. The van der Waals surface area contributed by atoms with Crippen LogP contribution in [0.2, 0.25) is 0 Å². The van der Waals surface area contributed by atoms with Crippen LogP contribution in [0.25, 0.3) is 0 Å². The van der Waals surface area contributed by atoms with E-state index in [0.29, 0.717) is 11.4 Å². The molecule has 1 unspecified atom stereocenters. The van der Waals surface area contributed by atoms with Crippen LogP contribution in [0.3, 0.4) is 0 Å². The van der Waals surface area contributed by atoms with E-state index in [9.17, 15) is 14.7 Å². The van der Waals surface area contributed by atoms with E-state index in [-0.39, 0.29) is 18.9 Å². The van der Waals surface area contributed by atoms with Gasteiger partial charge in [0, 0.05) is 5.69 Å². The Morgan fingerprint density at radius 3 is 2.70 bits per heavy atom. The predicted molar refractivity (Wildman–Crippen MR) is 86.1 cm³/mol. The maximum absolute atomic E-state index is 12.1. The molecule has 1 aromatic heterocycles. The van der Waals surface area contributed by atoms with E-state index < -0.39 is 12.0 Å². The number of anilines is 1. The van der Waals surface area contributed by atoms with Gasteiger partial charge in [-0.3, -0.25) is 14.9 Å². The van der Waals surface area contributed by atoms with Crippen LogP contribution in [0.4, 0.5) is 5.69 Å². The van der Waals surface area contributed by atoms with Crippen LogP contribution in [-0.2, 0) is 16.1 Å². The second-order valence-electron chi connectivity index (χ2n) is 5.42. The maximum atomic E-state index is 12.1. The summed E-state index contributed by atoms with van der Waals surface area (Å²) in [5.74, 6) is -0.808. The van der Waals surface area contributed by atoms with Crippen molar-refractivity contribution in [2.45, 2.75) is 32.9 Å². The van der Waals surface area contributed by atoms with Crippen molar-refractivity contribution >= 4 is 17.6 Å². The lowest BCUT2D eigenvalue weighted by Gasteiger charge is -2.14. The molecule has 2 rings (SSSR count). The van der Waals surface area contributed by atoms with E-state index in [1.165, 1.54) is 6.26 Å². The van der Waals surface area contributed by atoms with Crippen molar-refractivity contribution in [2.24, 2.45) is 0 Å². The summed E-state index contributed by atoms with van der Waals surface area (Å²) in [5, 5.41) is 14.8. The molecule has 0 aliphatic rings. The molecule has 0 spiro atoms. The minimum Gasteiger partial charge on any atom is -0.480 e. The molecular formula is C17H20N2O4. The van der Waals surface area contributed by atoms with Crippen molar-refractivity contribution in [3.8, 4) is 0 Å². The van der Waals surface area contributed by atoms with Crippen molar-refractivity contribution in [2.75, 3.05) is 5.32 Å². The first-order chi connectivity index (χ1) is 11.0. The van der Waals surface area contributed by atoms with E-state index in [2.05, 4.69) is 10.6 Å². The second-order valence-corrected chi connectivity index (χ2v) is 5.42. The number of nitrogens with one attached hydrogen (secondary N) is 2. The first-order valence-corrected chi connectivity index (χ1v) is 7.31. The zero-order valence-corrected chi connectivity index (χ0v) is 13.1. The monoisotopic (exact) mass is 316 g/mol. The van der Waals surface area contributed by atoms with Crippen LogP contribution in [0.5, 0.6) is 0 Å². The topological polar surface area (TPSA) is 91.6 Å². The zero-order valence-electron chi connectivity index (χ0n) is 13.1. The number of aliphatic carboxylic acids is 1. The van der Waals surface area contributed by atoms with Crippen LogP contribution in [0.15, 0.2) is 41.0 Å². The summed E-state index contributed by atoms with van der Waals surface area (Å²) in [7, 11) is 0. The van der Waals surface area contributed by atoms with Gasteiger partial charge in [-0.2, -0.15) is 0 Å². The molecule has 6 nitrogen and oxygen atoms in total. The Morgan fingerprint density at radius 2 is 2.04 bits per heavy atom. The molecule has 0 saturated heterocycles. The van der Waals surface area contributed by atoms with Gasteiger partial charge in [0.2, 0.25) is 5.91 Å². The quantitative estimate of drug-likeness (QED) is 0.730. The van der Waals surface area contributed by atoms with Gasteiger partial charge in [0.15, 0.2) is 0 Å². The molecule has 0 saturated carbocycles. The number of carboxylic acid groups (broad SMARTS) is 1. The Morgan fingerprint density at radius 1 is 1.26 bits per heavy atom. The highest BCUT2D eigenvalue weighted by Gasteiger charge is 2.21. The Kier molecular flexibility index (Phi) is 5.54. The molecule has 122 valence electrons. The number of rotatable bonds is 7. The molecule has 3 N–H and O–H groups in total. The third kappa shape index (κ3) is 4.96. The van der Waals surface area contributed by atoms with Crippen LogP contribution >= 0.6 is 0 Å². The number of hydrogen-bond acceptors (Lipinski definition) is 4. The Hall–Kier alpha value is -2.60. The summed E-state index contributed by atoms with van der Waals surface area (Å²) in [4.78, 5) is 23.4. The van der Waals surface area contributed by atoms with Crippen molar-refractivity contribution in [3.05, 3.63) is 53.5 Å². The Labute approximate surface area is 134 Å². The molecule has 1 aromatic carbocycles. The number of hydrogen-bond donors (Lipinski definition) is 3. The SMILES string of the molecule is Cc1ccc(C)c(NC(=O)CC(NCc2ccco2)C(=O)O)c1. The Balaban J connectivity index is 1.94. The van der Waals surface area contributed by atoms with Gasteiger partial charge >= 0.3 is 5.97 Å². The van der Waals surface area contributed by atoms with E-state index >= 15 is 0 Å². The lowest BCUT2D eigenvalue weighted by Crippen LogP contribution is -2.39. The lowest BCUT2D eigenvalue weighted by atomic mass is 10.1. The molecular weight excluding hydrogens is 296 g/mol. The highest BCUT2D eigenvalue weighted by molar-refractivity contribution is 5.94. The van der Waals surface area contributed by atoms with Crippen molar-refractivity contribution < 1.29 is 19.1 Å². The van der Waals surface area contributed by atoms with Gasteiger partial charge in [-0.05, 0) is 43.2 Å². The molecule has 0 aliphatic heterocycles. The van der Waals surface area contributed by atoms with E-state index in [4.69, 9.17) is 4.42 Å². The molecule has 1 heterocycles. The van der Waals surface area contributed by atoms with E-state index in [1.807, 2.05) is 32.0 Å². The smallest absolute Gasteiger partial charge is 0.321 e. The third-order valence-electron chi connectivity index (χ3n) is 3.46. The van der Waals surface area contributed by atoms with Crippen molar-refractivity contribution in [3.63, 3.8) is 0 Å². The lowest BCUT2D eigenvalue weighted by molar-refractivity contribution is -0.141. The fraction of sp³-hybridized carbons (Fsp3) is 0.294. The van der Waals surface area contributed by atoms with Crippen LogP contribution in [0, 0.1) is 13.8 Å². The summed E-state index contributed by atoms with van der Waals surface area (Å²) >= 11 is 0. The van der Waals surface area contributed by atoms with Gasteiger partial charge in [-0.25, -0.2) is 0 Å². The number of carbonyl (C=O) groups is 2. The van der Waals surface area contributed by atoms with Gasteiger partial charge in [-0.1, -0.05) is 12.1 Å². The molecule has 23 heavy (non-hydrogen) atoms. The van der Waals surface area contributed by atoms with Crippen molar-refractivity contribution in [1.29, 1.82) is 0 Å². The largest absolute Gasteiger partial charge is 0.480 e. The Bertz CT molecular complexity index is 680. The van der Waals surface area contributed by atoms with Gasteiger partial charge in [0.05, 0.1) is 19.2 Å². The number of furan rings is 1. The molecule has 1 atom stereocenters. The highest BCUT2D eigenvalue weighted by Crippen LogP contribution is 2.16. The van der Waals surface area contributed by atoms with E-state index in [0.717, 1.165) is 11.1 Å². The summed E-state index contributed by atoms with van der Waals surface area (Å²) < 4.78 is 5.14. The number of carbonyl (C=O) groups excluding carboxylic acids is 1. The zero-order chi connectivity index (χ0) is 16.8. The molecule has 0 radical (unpaired) electrons. The van der Waals surface area contributed by atoms with Gasteiger partial charge in [-0.15, -0.1) is 0 Å². The average Bonchev–Trinajstić information content (AvgIpc) is 3.00. The number of amides is 1. The average molecular weight is 316 g/mol. The summed E-state index contributed by atoms with van der Waals surface area (Å²) in [6.07, 6.45) is 1.35. The molecule has 1 amide bonds. The number of aryl methyl sites for hydroxylation is 2. The molecule has 0 fully saturated rings. The van der Waals surface area contributed by atoms with Crippen molar-refractivity contribution in [1.82, 2.24) is 5.32 Å². The highest BCUT2D eigenvalue weighted by atomic mass is 16.4. The maximum Gasteiger partial charge on any atom is 0.321 e. The first kappa shape index (κ1) is 16.8. The summed E-state index contributed by atoms with van der Waals surface area (Å²) in [6.45, 7) is 4.07. The number of carboxylic acids is 1. The predicted octanol–water partition coefficient (Wildman–Crippen LogP) is 2.47. The van der Waals surface area contributed by atoms with Crippen LogP contribution in [0.1, 0.15) is 23.3 Å². The molecule has 0 bridgehead atoms. The summed E-state index contributed by atoms with van der Waals surface area (Å²) in [6, 6.07) is 8.21. The fourth-order valence-electron chi connectivity index (χ4n) is 2.14. The summed E-state index contributed by atoms with van der Waals surface area (Å²) in [5.41, 5.74) is 2.65. The molecule has 2 aromatic rings. The number of benzene rings is 1. The second kappa shape index (κ2) is 7.60. The van der Waals surface area contributed by atoms with Gasteiger partial charge < -0.3 is 14.8 Å². The molecule has 6 heteroatoms. The minimum absolute atomic E-state index is 0.163. The van der Waals surface area contributed by atoms with Crippen LogP contribution < -0.4 is 10.6 Å². The fourth-order valence-corrected chi connectivity index (χ4v) is 2.14. The van der Waals surface area contributed by atoms with Gasteiger partial charge in [0.25, 0.3) is 0 Å².